The van der Waals surface area contributed by atoms with Crippen LogP contribution in [0.4, 0.5) is 22.0 Å². The van der Waals surface area contributed by atoms with Crippen LogP contribution in [0.15, 0.2) is 0 Å². The van der Waals surface area contributed by atoms with Crippen LogP contribution < -0.4 is 0 Å². The van der Waals surface area contributed by atoms with Crippen molar-refractivity contribution >= 4 is 17.4 Å². The zero-order valence-electron chi connectivity index (χ0n) is 4.68. The molecule has 2 N–H and O–H groups in total. The lowest BCUT2D eigenvalue weighted by Crippen LogP contribution is -2.35. The predicted molar refractivity (Wildman–Crippen MR) is 25.5 cm³/mol. The zero-order chi connectivity index (χ0) is 8.58. The predicted octanol–water partition coefficient (Wildman–Crippen LogP) is 1.12. The number of Topliss-reactive ketones (excluding diaryl/α,β-unsaturated/α-hetero) is 1. The van der Waals surface area contributed by atoms with Crippen LogP contribution in [-0.4, -0.2) is 22.8 Å². The first-order chi connectivity index (χ1) is 4.15. The number of halogens is 6. The van der Waals surface area contributed by atoms with E-state index in [0.717, 1.165) is 0 Å². The lowest BCUT2D eigenvalue weighted by molar-refractivity contribution is -0.186. The molecule has 2 nitrogen and oxygen atoms in total. The van der Waals surface area contributed by atoms with Gasteiger partial charge in [-0.05, 0) is 11.6 Å². The van der Waals surface area contributed by atoms with Crippen LogP contribution in [0.1, 0.15) is 0 Å². The molecule has 11 heavy (non-hydrogen) atoms. The maximum Gasteiger partial charge on any atom is 0.457 e. The Labute approximate surface area is 62.2 Å². The number of hydrogen-bond donors (Lipinski definition) is 0. The normalized spacial score (nSPS) is 12.2. The van der Waals surface area contributed by atoms with E-state index in [1.54, 1.807) is 0 Å². The molecule has 0 amide bonds. The van der Waals surface area contributed by atoms with E-state index in [1.165, 1.54) is 0 Å². The van der Waals surface area contributed by atoms with Crippen molar-refractivity contribution in [3.05, 3.63) is 0 Å². The first-order valence-electron chi connectivity index (χ1n) is 1.84. The minimum atomic E-state index is -5.58. The number of carbonyl (C=O) groups is 1. The average Bonchev–Trinajstić information content (AvgIpc) is 1.59. The monoisotopic (exact) mass is 200 g/mol. The number of rotatable bonds is 1. The van der Waals surface area contributed by atoms with Crippen molar-refractivity contribution < 1.29 is 32.2 Å². The highest BCUT2D eigenvalue weighted by atomic mass is 35.5. The lowest BCUT2D eigenvalue weighted by atomic mass is 10.4. The summed E-state index contributed by atoms with van der Waals surface area (Å²) in [6, 6.07) is 0. The van der Waals surface area contributed by atoms with Crippen molar-refractivity contribution in [2.75, 3.05) is 0 Å². The van der Waals surface area contributed by atoms with Gasteiger partial charge in [0.05, 0.1) is 0 Å². The van der Waals surface area contributed by atoms with Crippen molar-refractivity contribution in [2.24, 2.45) is 0 Å². The van der Waals surface area contributed by atoms with Crippen LogP contribution in [0, 0.1) is 0 Å². The summed E-state index contributed by atoms with van der Waals surface area (Å²) < 4.78 is 55.7. The fourth-order valence-corrected chi connectivity index (χ4v) is 0.268. The van der Waals surface area contributed by atoms with E-state index in [9.17, 15) is 26.7 Å². The van der Waals surface area contributed by atoms with Crippen LogP contribution in [-0.2, 0) is 4.79 Å². The summed E-state index contributed by atoms with van der Waals surface area (Å²) in [4.78, 5) is 9.48. The standard InChI is InChI=1S/C3ClF5O.H2O/c4-2(5,6)1(10)3(7,8)9;/h;1H2. The van der Waals surface area contributed by atoms with Crippen LogP contribution in [0.2, 0.25) is 0 Å². The Kier molecular flexibility index (Phi) is 3.97. The molecule has 0 aliphatic carbocycles. The Balaban J connectivity index is 0. The Morgan fingerprint density at radius 2 is 1.36 bits per heavy atom. The first-order valence-corrected chi connectivity index (χ1v) is 2.22. The van der Waals surface area contributed by atoms with E-state index < -0.39 is 17.3 Å². The zero-order valence-corrected chi connectivity index (χ0v) is 5.43. The van der Waals surface area contributed by atoms with Gasteiger partial charge in [-0.3, -0.25) is 4.79 Å². The molecule has 0 saturated heterocycles. The van der Waals surface area contributed by atoms with Crippen LogP contribution >= 0.6 is 11.6 Å². The molecule has 0 aromatic heterocycles. The van der Waals surface area contributed by atoms with Gasteiger partial charge in [0.25, 0.3) is 0 Å². The molecular weight excluding hydrogens is 198 g/mol. The summed E-state index contributed by atoms with van der Waals surface area (Å²) in [5.74, 6) is -3.25. The molecule has 0 aliphatic heterocycles. The van der Waals surface area contributed by atoms with Gasteiger partial charge in [-0.15, -0.1) is 0 Å². The molecule has 8 heteroatoms. The molecule has 0 radical (unpaired) electrons. The van der Waals surface area contributed by atoms with Crippen LogP contribution in [0.5, 0.6) is 0 Å². The Hall–Kier alpha value is -0.430. The second-order valence-corrected chi connectivity index (χ2v) is 1.80. The third kappa shape index (κ3) is 4.10. The van der Waals surface area contributed by atoms with Crippen molar-refractivity contribution in [1.82, 2.24) is 0 Å². The second kappa shape index (κ2) is 3.31. The molecular formula is C3H2ClF5O2. The average molecular weight is 200 g/mol. The fourth-order valence-electron chi connectivity index (χ4n) is 0.161. The number of ketones is 1. The molecule has 0 atom stereocenters. The smallest absolute Gasteiger partial charge is 0.412 e. The molecule has 0 aliphatic rings. The van der Waals surface area contributed by atoms with Gasteiger partial charge in [0.2, 0.25) is 0 Å². The third-order valence-electron chi connectivity index (χ3n) is 0.515. The molecule has 0 aromatic carbocycles. The third-order valence-corrected chi connectivity index (χ3v) is 0.687. The van der Waals surface area contributed by atoms with E-state index >= 15 is 0 Å². The summed E-state index contributed by atoms with van der Waals surface area (Å²) in [5.41, 5.74) is 0. The fraction of sp³-hybridized carbons (Fsp3) is 0.667. The van der Waals surface area contributed by atoms with Gasteiger partial charge in [-0.2, -0.15) is 22.0 Å². The number of hydrogen-bond acceptors (Lipinski definition) is 1. The van der Waals surface area contributed by atoms with Gasteiger partial charge in [-0.25, -0.2) is 0 Å². The highest BCUT2D eigenvalue weighted by Crippen LogP contribution is 2.30. The molecule has 0 heterocycles. The molecule has 0 aromatic rings. The Morgan fingerprint density at radius 1 is 1.09 bits per heavy atom. The van der Waals surface area contributed by atoms with Crippen LogP contribution in [0.25, 0.3) is 0 Å². The van der Waals surface area contributed by atoms with Gasteiger partial charge >= 0.3 is 17.3 Å². The highest BCUT2D eigenvalue weighted by Gasteiger charge is 2.53. The summed E-state index contributed by atoms with van der Waals surface area (Å²) in [6.45, 7) is 0. The van der Waals surface area contributed by atoms with Crippen molar-refractivity contribution in [1.29, 1.82) is 0 Å². The first kappa shape index (κ1) is 13.2. The van der Waals surface area contributed by atoms with Gasteiger partial charge in [0.1, 0.15) is 0 Å². The molecule has 0 unspecified atom stereocenters. The van der Waals surface area contributed by atoms with E-state index in [1.807, 2.05) is 0 Å². The van der Waals surface area contributed by atoms with Gasteiger partial charge in [0.15, 0.2) is 0 Å². The lowest BCUT2D eigenvalue weighted by Gasteiger charge is -2.08. The van der Waals surface area contributed by atoms with E-state index in [0.29, 0.717) is 0 Å². The SMILES string of the molecule is O.O=C(C(F)(F)F)C(F)(F)Cl. The van der Waals surface area contributed by atoms with E-state index in [4.69, 9.17) is 0 Å². The van der Waals surface area contributed by atoms with Crippen molar-refractivity contribution in [2.45, 2.75) is 11.6 Å². The summed E-state index contributed by atoms with van der Waals surface area (Å²) in [6.07, 6.45) is -5.58. The molecule has 68 valence electrons. The molecule has 0 spiro atoms. The van der Waals surface area contributed by atoms with Gasteiger partial charge < -0.3 is 5.48 Å². The summed E-state index contributed by atoms with van der Waals surface area (Å²) in [5, 5.41) is -4.85. The number of carbonyl (C=O) groups excluding carboxylic acids is 1. The highest BCUT2D eigenvalue weighted by molar-refractivity contribution is 6.33. The van der Waals surface area contributed by atoms with Gasteiger partial charge in [0, 0.05) is 0 Å². The Morgan fingerprint density at radius 3 is 1.36 bits per heavy atom. The molecule has 0 rings (SSSR count). The molecule has 0 bridgehead atoms. The quantitative estimate of drug-likeness (QED) is 0.462. The summed E-state index contributed by atoms with van der Waals surface area (Å²) >= 11 is 3.77. The summed E-state index contributed by atoms with van der Waals surface area (Å²) in [7, 11) is 0. The minimum absolute atomic E-state index is 0. The second-order valence-electron chi connectivity index (χ2n) is 1.32. The van der Waals surface area contributed by atoms with Crippen molar-refractivity contribution in [3.63, 3.8) is 0 Å². The Bertz CT molecular complexity index is 131. The van der Waals surface area contributed by atoms with Gasteiger partial charge in [-0.1, -0.05) is 0 Å². The van der Waals surface area contributed by atoms with Crippen LogP contribution in [0.3, 0.4) is 0 Å². The van der Waals surface area contributed by atoms with E-state index in [2.05, 4.69) is 11.6 Å². The maximum absolute atomic E-state index is 11.3. The molecule has 0 fully saturated rings. The number of alkyl halides is 6. The van der Waals surface area contributed by atoms with Crippen molar-refractivity contribution in [3.8, 4) is 0 Å². The largest absolute Gasteiger partial charge is 0.457 e. The molecule has 0 saturated carbocycles. The maximum atomic E-state index is 11.3. The minimum Gasteiger partial charge on any atom is -0.412 e. The topological polar surface area (TPSA) is 48.6 Å². The van der Waals surface area contributed by atoms with E-state index in [-0.39, 0.29) is 5.48 Å².